The zero-order valence-electron chi connectivity index (χ0n) is 17.2. The number of sulfonamides is 1. The maximum Gasteiger partial charge on any atom is 0.350 e. The van der Waals surface area contributed by atoms with Crippen LogP contribution in [0.15, 0.2) is 24.3 Å². The largest absolute Gasteiger partial charge is 0.483 e. The molecule has 3 heterocycles. The highest BCUT2D eigenvalue weighted by atomic mass is 32.2. The molecule has 2 bridgehead atoms. The van der Waals surface area contributed by atoms with Gasteiger partial charge in [0, 0.05) is 12.6 Å². The standard InChI is InChI=1S/C21H28F2N2O5S/c22-21(23)31(27,28)24-17-5-3-11-25-18(17)12-29-15-9-7-14(8-10-15)16-4-1-2-6-19(16)30-13-20(25)26/h1-2,4,6,14-15,17-18,21,24H,3,5,7-13H2. The van der Waals surface area contributed by atoms with Crippen molar-refractivity contribution in [1.82, 2.24) is 9.62 Å². The average molecular weight is 459 g/mol. The van der Waals surface area contributed by atoms with Gasteiger partial charge in [0.1, 0.15) is 5.75 Å². The second kappa shape index (κ2) is 9.38. The Labute approximate surface area is 181 Å². The van der Waals surface area contributed by atoms with Gasteiger partial charge in [-0.2, -0.15) is 8.78 Å². The van der Waals surface area contributed by atoms with E-state index in [1.165, 1.54) is 4.90 Å². The van der Waals surface area contributed by atoms with E-state index in [9.17, 15) is 22.0 Å². The number of nitrogens with one attached hydrogen (secondary N) is 1. The van der Waals surface area contributed by atoms with Gasteiger partial charge >= 0.3 is 5.76 Å². The van der Waals surface area contributed by atoms with Crippen LogP contribution in [0.4, 0.5) is 8.78 Å². The van der Waals surface area contributed by atoms with Crippen LogP contribution in [0.25, 0.3) is 0 Å². The van der Waals surface area contributed by atoms with Crippen molar-refractivity contribution in [3.63, 3.8) is 0 Å². The maximum absolute atomic E-state index is 13.0. The number of para-hydroxylation sites is 1. The molecule has 3 aliphatic heterocycles. The van der Waals surface area contributed by atoms with Crippen molar-refractivity contribution in [1.29, 1.82) is 0 Å². The molecular formula is C21H28F2N2O5S. The number of hydrogen-bond acceptors (Lipinski definition) is 5. The zero-order chi connectivity index (χ0) is 22.0. The predicted octanol–water partition coefficient (Wildman–Crippen LogP) is 2.62. The van der Waals surface area contributed by atoms with Gasteiger partial charge < -0.3 is 14.4 Å². The summed E-state index contributed by atoms with van der Waals surface area (Å²) in [5.41, 5.74) is 1.09. The van der Waals surface area contributed by atoms with Gasteiger partial charge in [0.05, 0.1) is 18.8 Å². The molecule has 1 amide bonds. The predicted molar refractivity (Wildman–Crippen MR) is 109 cm³/mol. The number of carbonyl (C=O) groups excluding carboxylic acids is 1. The van der Waals surface area contributed by atoms with E-state index in [0.29, 0.717) is 31.1 Å². The highest BCUT2D eigenvalue weighted by Gasteiger charge is 2.39. The lowest BCUT2D eigenvalue weighted by Gasteiger charge is -2.41. The van der Waals surface area contributed by atoms with Crippen LogP contribution in [-0.2, 0) is 19.6 Å². The number of ether oxygens (including phenoxy) is 2. The first kappa shape index (κ1) is 22.4. The van der Waals surface area contributed by atoms with Gasteiger partial charge in [-0.1, -0.05) is 18.2 Å². The summed E-state index contributed by atoms with van der Waals surface area (Å²) < 4.78 is 63.6. The Balaban J connectivity index is 1.60. The molecule has 1 aromatic carbocycles. The number of benzene rings is 1. The third-order valence-electron chi connectivity index (χ3n) is 6.54. The van der Waals surface area contributed by atoms with Crippen molar-refractivity contribution in [3.05, 3.63) is 29.8 Å². The summed E-state index contributed by atoms with van der Waals surface area (Å²) in [6, 6.07) is 6.24. The first-order valence-electron chi connectivity index (χ1n) is 10.8. The lowest BCUT2D eigenvalue weighted by Crippen LogP contribution is -2.60. The molecule has 1 N–H and O–H groups in total. The Hall–Kier alpha value is -1.78. The number of piperidine rings is 1. The minimum absolute atomic E-state index is 0.00341. The van der Waals surface area contributed by atoms with Gasteiger partial charge in [-0.15, -0.1) is 0 Å². The average Bonchev–Trinajstić information content (AvgIpc) is 2.77. The van der Waals surface area contributed by atoms with Crippen LogP contribution in [0.2, 0.25) is 0 Å². The van der Waals surface area contributed by atoms with Crippen LogP contribution in [0.3, 0.4) is 0 Å². The van der Waals surface area contributed by atoms with Crippen LogP contribution < -0.4 is 9.46 Å². The Bertz CT molecular complexity index is 890. The monoisotopic (exact) mass is 458 g/mol. The fourth-order valence-corrected chi connectivity index (χ4v) is 5.72. The molecule has 7 nitrogen and oxygen atoms in total. The maximum atomic E-state index is 13.0. The second-order valence-corrected chi connectivity index (χ2v) is 10.1. The van der Waals surface area contributed by atoms with Crippen molar-refractivity contribution in [2.75, 3.05) is 19.8 Å². The molecule has 1 saturated carbocycles. The Kier molecular flexibility index (Phi) is 6.78. The molecule has 4 aliphatic rings. The van der Waals surface area contributed by atoms with E-state index < -0.39 is 27.9 Å². The van der Waals surface area contributed by atoms with E-state index in [0.717, 1.165) is 31.2 Å². The van der Waals surface area contributed by atoms with E-state index >= 15 is 0 Å². The van der Waals surface area contributed by atoms with E-state index in [1.54, 1.807) is 0 Å². The SMILES string of the molecule is O=C1COc2ccccc2C2CCC(CC2)OCC2C(NS(=O)(=O)C(F)F)CCCN12. The number of carbonyl (C=O) groups is 1. The third-order valence-corrected chi connectivity index (χ3v) is 7.64. The molecule has 2 atom stereocenters. The van der Waals surface area contributed by atoms with Gasteiger partial charge in [0.15, 0.2) is 6.61 Å². The molecule has 1 aromatic rings. The van der Waals surface area contributed by atoms with Crippen molar-refractivity contribution in [2.24, 2.45) is 0 Å². The summed E-state index contributed by atoms with van der Waals surface area (Å²) in [7, 11) is -4.78. The number of fused-ring (bicyclic) bond motifs is 5. The molecule has 2 fully saturated rings. The van der Waals surface area contributed by atoms with Gasteiger partial charge in [-0.3, -0.25) is 4.79 Å². The van der Waals surface area contributed by atoms with Crippen molar-refractivity contribution >= 4 is 15.9 Å². The first-order valence-corrected chi connectivity index (χ1v) is 12.3. The Morgan fingerprint density at radius 1 is 1.10 bits per heavy atom. The highest BCUT2D eigenvalue weighted by Crippen LogP contribution is 2.38. The number of alkyl halides is 2. The third kappa shape index (κ3) is 5.01. The molecule has 1 saturated heterocycles. The fraction of sp³-hybridized carbons (Fsp3) is 0.667. The Morgan fingerprint density at radius 2 is 1.84 bits per heavy atom. The van der Waals surface area contributed by atoms with Gasteiger partial charge in [-0.05, 0) is 56.1 Å². The minimum Gasteiger partial charge on any atom is -0.483 e. The summed E-state index contributed by atoms with van der Waals surface area (Å²) in [6.45, 7) is 0.306. The van der Waals surface area contributed by atoms with Crippen LogP contribution in [0.5, 0.6) is 5.75 Å². The van der Waals surface area contributed by atoms with Crippen LogP contribution >= 0.6 is 0 Å². The smallest absolute Gasteiger partial charge is 0.350 e. The summed E-state index contributed by atoms with van der Waals surface area (Å²) >= 11 is 0. The number of rotatable bonds is 3. The zero-order valence-corrected chi connectivity index (χ0v) is 18.0. The lowest BCUT2D eigenvalue weighted by molar-refractivity contribution is -0.140. The second-order valence-electron chi connectivity index (χ2n) is 8.46. The minimum atomic E-state index is -4.78. The number of nitrogens with zero attached hydrogens (tertiary/aromatic N) is 1. The summed E-state index contributed by atoms with van der Waals surface area (Å²) in [5.74, 6) is -2.82. The van der Waals surface area contributed by atoms with E-state index in [2.05, 4.69) is 4.72 Å². The van der Waals surface area contributed by atoms with Gasteiger partial charge in [0.25, 0.3) is 15.9 Å². The van der Waals surface area contributed by atoms with E-state index in [-0.39, 0.29) is 25.2 Å². The first-order chi connectivity index (χ1) is 14.8. The molecule has 2 unspecified atom stereocenters. The molecule has 1 aliphatic carbocycles. The molecule has 31 heavy (non-hydrogen) atoms. The summed E-state index contributed by atoms with van der Waals surface area (Å²) in [5, 5.41) is 0. The molecule has 172 valence electrons. The van der Waals surface area contributed by atoms with Gasteiger partial charge in [-0.25, -0.2) is 13.1 Å². The van der Waals surface area contributed by atoms with Crippen LogP contribution in [0.1, 0.15) is 50.0 Å². The molecule has 0 spiro atoms. The molecule has 5 rings (SSSR count). The van der Waals surface area contributed by atoms with Crippen molar-refractivity contribution in [2.45, 2.75) is 68.4 Å². The number of halogens is 2. The van der Waals surface area contributed by atoms with E-state index in [1.807, 2.05) is 24.3 Å². The van der Waals surface area contributed by atoms with Crippen molar-refractivity contribution in [3.8, 4) is 5.75 Å². The molecular weight excluding hydrogens is 430 g/mol. The quantitative estimate of drug-likeness (QED) is 0.753. The summed E-state index contributed by atoms with van der Waals surface area (Å²) in [6.07, 6.45) is 4.39. The lowest BCUT2D eigenvalue weighted by atomic mass is 9.82. The van der Waals surface area contributed by atoms with Crippen LogP contribution in [0, 0.1) is 0 Å². The Morgan fingerprint density at radius 3 is 2.58 bits per heavy atom. The normalized spacial score (nSPS) is 29.9. The number of amides is 1. The topological polar surface area (TPSA) is 84.9 Å². The molecule has 0 radical (unpaired) electrons. The van der Waals surface area contributed by atoms with Crippen LogP contribution in [-0.4, -0.2) is 62.9 Å². The van der Waals surface area contributed by atoms with Gasteiger partial charge in [0.2, 0.25) is 0 Å². The summed E-state index contributed by atoms with van der Waals surface area (Å²) in [4.78, 5) is 14.5. The fourth-order valence-electron chi connectivity index (χ4n) is 4.92. The van der Waals surface area contributed by atoms with E-state index in [4.69, 9.17) is 9.47 Å². The van der Waals surface area contributed by atoms with Crippen molar-refractivity contribution < 1.29 is 31.5 Å². The number of hydrogen-bond donors (Lipinski definition) is 1. The highest BCUT2D eigenvalue weighted by molar-refractivity contribution is 7.89. The molecule has 10 heteroatoms. The molecule has 0 aromatic heterocycles.